The normalized spacial score (nSPS) is 17.6. The Labute approximate surface area is 354 Å². The zero-order valence-corrected chi connectivity index (χ0v) is 35.6. The van der Waals surface area contributed by atoms with Gasteiger partial charge < -0.3 is 39.9 Å². The highest BCUT2D eigenvalue weighted by molar-refractivity contribution is 7.17. The summed E-state index contributed by atoms with van der Waals surface area (Å²) in [6.45, 7) is 5.94. The van der Waals surface area contributed by atoms with Crippen LogP contribution in [-0.4, -0.2) is 117 Å². The van der Waals surface area contributed by atoms with Crippen LogP contribution >= 0.6 is 56.9 Å². The van der Waals surface area contributed by atoms with Crippen LogP contribution in [0.4, 0.5) is 16.1 Å². The quantitative estimate of drug-likeness (QED) is 0.134. The SMILES string of the molecule is CO.COC(C(=O)Nc1nnc(OC2CCN(c3cccnn3)C2)s1)c1ccc(Cl)s1.Cc1ccc(CC(=O)Nc2nnc(OC3CCN(C4=NNCC=C4)C3)s2)s1. The van der Waals surface area contributed by atoms with E-state index >= 15 is 0 Å². The lowest BCUT2D eigenvalue weighted by Crippen LogP contribution is -2.32. The van der Waals surface area contributed by atoms with E-state index in [0.717, 1.165) is 62.7 Å². The van der Waals surface area contributed by atoms with Crippen LogP contribution in [0.2, 0.25) is 4.34 Å². The largest absolute Gasteiger partial charge is 0.464 e. The monoisotopic (exact) mass is 888 g/mol. The van der Waals surface area contributed by atoms with Crippen LogP contribution in [-0.2, 0) is 20.7 Å². The number of carbonyl (C=O) groups is 2. The maximum atomic E-state index is 12.5. The number of aliphatic hydroxyl groups excluding tert-OH is 1. The van der Waals surface area contributed by atoms with Gasteiger partial charge in [0.1, 0.15) is 18.0 Å². The molecule has 0 aromatic carbocycles. The molecule has 3 atom stereocenters. The van der Waals surface area contributed by atoms with Crippen molar-refractivity contribution in [2.75, 3.05) is 62.5 Å². The molecule has 308 valence electrons. The minimum atomic E-state index is -0.767. The molecule has 0 spiro atoms. The molecule has 4 N–H and O–H groups in total. The Morgan fingerprint density at radius 1 is 0.914 bits per heavy atom. The molecule has 23 heteroatoms. The number of anilines is 3. The molecule has 8 heterocycles. The predicted octanol–water partition coefficient (Wildman–Crippen LogP) is 4.65. The van der Waals surface area contributed by atoms with Gasteiger partial charge in [0.2, 0.25) is 16.2 Å². The van der Waals surface area contributed by atoms with E-state index < -0.39 is 6.10 Å². The Hall–Kier alpha value is -4.84. The number of methoxy groups -OCH3 is 1. The highest BCUT2D eigenvalue weighted by Gasteiger charge is 2.29. The van der Waals surface area contributed by atoms with Gasteiger partial charge in [-0.25, -0.2) is 0 Å². The van der Waals surface area contributed by atoms with E-state index in [0.29, 0.717) is 42.8 Å². The van der Waals surface area contributed by atoms with E-state index in [4.69, 9.17) is 30.9 Å². The molecule has 0 bridgehead atoms. The van der Waals surface area contributed by atoms with Crippen molar-refractivity contribution in [2.45, 2.75) is 44.5 Å². The topological polar surface area (TPSA) is 214 Å². The van der Waals surface area contributed by atoms with Crippen LogP contribution in [0, 0.1) is 6.92 Å². The van der Waals surface area contributed by atoms with Gasteiger partial charge in [0.05, 0.1) is 30.4 Å². The number of hydrogen-bond acceptors (Lipinski definition) is 20. The van der Waals surface area contributed by atoms with Crippen LogP contribution < -0.4 is 30.4 Å². The summed E-state index contributed by atoms with van der Waals surface area (Å²) in [7, 11) is 2.47. The standard InChI is InChI=1S/C17H17ClN6O3S2.C17H20N6O2S2.CH4O/c1-26-14(11-4-5-12(18)28-11)15(25)20-16-22-23-17(29-16)27-10-6-8-24(9-10)13-3-2-7-19-21-13;1-11-4-5-13(26-11)9-15(24)19-16-21-22-17(27-16)25-12-6-8-23(10-12)14-3-2-7-18-20-14;1-2/h2-5,7,10,14H,6,8-9H2,1H3,(H,20,22,25);2-5,12,18H,6-10H2,1H3,(H,19,21,24);2H,1H3. The number of amides is 2. The number of ether oxygens (including phenoxy) is 3. The van der Waals surface area contributed by atoms with Crippen molar-refractivity contribution in [3.8, 4) is 10.4 Å². The molecule has 18 nitrogen and oxygen atoms in total. The van der Waals surface area contributed by atoms with Crippen molar-refractivity contribution >= 4 is 90.7 Å². The summed E-state index contributed by atoms with van der Waals surface area (Å²) in [4.78, 5) is 31.9. The summed E-state index contributed by atoms with van der Waals surface area (Å²) in [5.41, 5.74) is 2.98. The average molecular weight is 890 g/mol. The molecule has 3 aliphatic rings. The highest BCUT2D eigenvalue weighted by atomic mass is 35.5. The molecule has 5 aromatic heterocycles. The molecule has 0 saturated carbocycles. The number of aliphatic hydroxyl groups is 1. The molecule has 3 unspecified atom stereocenters. The van der Waals surface area contributed by atoms with E-state index in [9.17, 15) is 9.59 Å². The molecule has 0 aliphatic carbocycles. The van der Waals surface area contributed by atoms with Gasteiger partial charge in [-0.3, -0.25) is 14.9 Å². The minimum Gasteiger partial charge on any atom is -0.464 e. The summed E-state index contributed by atoms with van der Waals surface area (Å²) in [6.07, 6.45) is 7.02. The number of nitrogens with one attached hydrogen (secondary N) is 3. The van der Waals surface area contributed by atoms with Crippen LogP contribution in [0.3, 0.4) is 0 Å². The van der Waals surface area contributed by atoms with Gasteiger partial charge in [-0.1, -0.05) is 27.9 Å². The fourth-order valence-corrected chi connectivity index (χ4v) is 9.25. The first kappa shape index (κ1) is 42.8. The van der Waals surface area contributed by atoms with Crippen molar-refractivity contribution in [3.05, 3.63) is 73.7 Å². The third-order valence-electron chi connectivity index (χ3n) is 8.45. The fourth-order valence-electron chi connectivity index (χ4n) is 5.88. The van der Waals surface area contributed by atoms with Gasteiger partial charge in [-0.15, -0.1) is 38.0 Å². The molecule has 2 amide bonds. The summed E-state index contributed by atoms with van der Waals surface area (Å²) in [5.74, 6) is 1.31. The molecule has 0 radical (unpaired) electrons. The summed E-state index contributed by atoms with van der Waals surface area (Å²) in [6, 6.07) is 11.2. The van der Waals surface area contributed by atoms with Crippen molar-refractivity contribution in [3.63, 3.8) is 0 Å². The zero-order valence-electron chi connectivity index (χ0n) is 31.6. The van der Waals surface area contributed by atoms with Crippen molar-refractivity contribution < 1.29 is 28.9 Å². The van der Waals surface area contributed by atoms with E-state index in [2.05, 4.69) is 61.6 Å². The van der Waals surface area contributed by atoms with Gasteiger partial charge in [-0.2, -0.15) is 10.2 Å². The Bertz CT molecular complexity index is 2150. The van der Waals surface area contributed by atoms with E-state index in [-0.39, 0.29) is 24.0 Å². The lowest BCUT2D eigenvalue weighted by molar-refractivity contribution is -0.125. The number of halogens is 1. The molecule has 2 fully saturated rings. The average Bonchev–Trinajstić information content (AvgIpc) is 4.11. The summed E-state index contributed by atoms with van der Waals surface area (Å²) >= 11 is 11.3. The Morgan fingerprint density at radius 3 is 2.22 bits per heavy atom. The van der Waals surface area contributed by atoms with Crippen LogP contribution in [0.25, 0.3) is 0 Å². The second-order valence-electron chi connectivity index (χ2n) is 12.5. The summed E-state index contributed by atoms with van der Waals surface area (Å²) < 4.78 is 17.7. The molecule has 8 rings (SSSR count). The predicted molar refractivity (Wildman–Crippen MR) is 226 cm³/mol. The number of nitrogens with zero attached hydrogens (tertiary/aromatic N) is 9. The highest BCUT2D eigenvalue weighted by Crippen LogP contribution is 2.32. The Kier molecular flexibility index (Phi) is 15.7. The van der Waals surface area contributed by atoms with Crippen molar-refractivity contribution in [2.24, 2.45) is 5.10 Å². The Morgan fingerprint density at radius 2 is 1.62 bits per heavy atom. The first-order chi connectivity index (χ1) is 28.3. The summed E-state index contributed by atoms with van der Waals surface area (Å²) in [5, 5.41) is 42.6. The molecular formula is C35H41ClN12O6S4. The molecular weight excluding hydrogens is 848 g/mol. The molecule has 2 saturated heterocycles. The molecule has 3 aliphatic heterocycles. The van der Waals surface area contributed by atoms with E-state index in [1.54, 1.807) is 29.7 Å². The Balaban J connectivity index is 0.000000188. The maximum Gasteiger partial charge on any atom is 0.296 e. The number of rotatable bonds is 12. The number of carbonyl (C=O) groups excluding carboxylic acids is 2. The van der Waals surface area contributed by atoms with Crippen LogP contribution in [0.1, 0.15) is 33.6 Å². The number of aromatic nitrogens is 6. The van der Waals surface area contributed by atoms with Gasteiger partial charge in [0.25, 0.3) is 16.3 Å². The van der Waals surface area contributed by atoms with E-state index in [1.807, 2.05) is 43.3 Å². The third-order valence-corrected chi connectivity index (χ3v) is 12.2. The minimum absolute atomic E-state index is 0.0338. The number of aryl methyl sites for hydroxylation is 1. The second kappa shape index (κ2) is 21.2. The van der Waals surface area contributed by atoms with Crippen molar-refractivity contribution in [1.29, 1.82) is 0 Å². The number of hydrazone groups is 1. The van der Waals surface area contributed by atoms with Crippen LogP contribution in [0.15, 0.2) is 59.8 Å². The van der Waals surface area contributed by atoms with Gasteiger partial charge in [0.15, 0.2) is 11.9 Å². The van der Waals surface area contributed by atoms with E-state index in [1.165, 1.54) is 46.0 Å². The zero-order chi connectivity index (χ0) is 40.9. The number of amidine groups is 1. The number of thiophene rings is 2. The second-order valence-corrected chi connectivity index (χ2v) is 17.5. The number of likely N-dealkylation sites (tertiary alicyclic amines) is 1. The lowest BCUT2D eigenvalue weighted by Gasteiger charge is -2.19. The van der Waals surface area contributed by atoms with Crippen LogP contribution in [0.5, 0.6) is 10.4 Å². The fraction of sp³-hybridized carbons (Fsp3) is 0.400. The lowest BCUT2D eigenvalue weighted by atomic mass is 10.3. The first-order valence-electron chi connectivity index (χ1n) is 17.9. The van der Waals surface area contributed by atoms with Gasteiger partial charge in [-0.05, 0) is 72.1 Å². The van der Waals surface area contributed by atoms with Gasteiger partial charge >= 0.3 is 0 Å². The molecule has 5 aromatic rings. The van der Waals surface area contributed by atoms with Crippen molar-refractivity contribution in [1.82, 2.24) is 40.9 Å². The maximum absolute atomic E-state index is 12.5. The molecule has 58 heavy (non-hydrogen) atoms. The first-order valence-corrected chi connectivity index (χ1v) is 21.6. The smallest absolute Gasteiger partial charge is 0.296 e. The number of hydrogen-bond donors (Lipinski definition) is 4. The van der Waals surface area contributed by atoms with Gasteiger partial charge in [0, 0.05) is 61.0 Å². The third kappa shape index (κ3) is 12.1.